The molecule has 0 radical (unpaired) electrons. The summed E-state index contributed by atoms with van der Waals surface area (Å²) in [5.41, 5.74) is 8.78. The van der Waals surface area contributed by atoms with E-state index in [2.05, 4.69) is 99.6 Å². The van der Waals surface area contributed by atoms with Gasteiger partial charge >= 0.3 is 0 Å². The van der Waals surface area contributed by atoms with Crippen LogP contribution < -0.4 is 0 Å². The maximum Gasteiger partial charge on any atom is 0.165 e. The lowest BCUT2D eigenvalue weighted by Gasteiger charge is -2.10. The van der Waals surface area contributed by atoms with Crippen LogP contribution in [0.15, 0.2) is 91.1 Å². The zero-order valence-corrected chi connectivity index (χ0v) is 23.2. The SMILES string of the molecule is CCCCc1ccc(-c2nc(-c3ccc(CCCC)cc3)nc(-c3ccc(-c4cccc(C)c4)nc3)n2)cc1. The number of pyridine rings is 1. The Bertz CT molecular complexity index is 1430. The topological polar surface area (TPSA) is 51.6 Å². The van der Waals surface area contributed by atoms with Crippen molar-refractivity contribution in [1.82, 2.24) is 19.9 Å². The molecule has 5 aromatic rings. The third-order valence-corrected chi connectivity index (χ3v) is 7.03. The Hall–Kier alpha value is -4.18. The number of aromatic nitrogens is 4. The van der Waals surface area contributed by atoms with Crippen LogP contribution in [0.3, 0.4) is 0 Å². The van der Waals surface area contributed by atoms with E-state index in [-0.39, 0.29) is 0 Å². The van der Waals surface area contributed by atoms with E-state index in [4.69, 9.17) is 19.9 Å². The molecule has 39 heavy (non-hydrogen) atoms. The second kappa shape index (κ2) is 12.6. The second-order valence-electron chi connectivity index (χ2n) is 10.2. The molecule has 2 aromatic heterocycles. The van der Waals surface area contributed by atoms with Crippen molar-refractivity contribution in [3.8, 4) is 45.4 Å². The van der Waals surface area contributed by atoms with Crippen molar-refractivity contribution in [2.75, 3.05) is 0 Å². The van der Waals surface area contributed by atoms with Gasteiger partial charge in [-0.15, -0.1) is 0 Å². The number of hydrogen-bond acceptors (Lipinski definition) is 4. The fourth-order valence-corrected chi connectivity index (χ4v) is 4.67. The molecule has 196 valence electrons. The summed E-state index contributed by atoms with van der Waals surface area (Å²) in [6.07, 6.45) is 8.81. The largest absolute Gasteiger partial charge is 0.255 e. The first kappa shape index (κ1) is 26.4. The van der Waals surface area contributed by atoms with Crippen LogP contribution in [0.25, 0.3) is 45.4 Å². The molecule has 0 unspecified atom stereocenters. The lowest BCUT2D eigenvalue weighted by Crippen LogP contribution is -2.01. The molecular formula is C35H36N4. The molecule has 0 amide bonds. The highest BCUT2D eigenvalue weighted by Gasteiger charge is 2.13. The van der Waals surface area contributed by atoms with Gasteiger partial charge in [0.1, 0.15) is 0 Å². The van der Waals surface area contributed by atoms with Gasteiger partial charge in [-0.25, -0.2) is 15.0 Å². The smallest absolute Gasteiger partial charge is 0.165 e. The zero-order chi connectivity index (χ0) is 27.0. The number of benzene rings is 3. The van der Waals surface area contributed by atoms with Gasteiger partial charge in [-0.3, -0.25) is 4.98 Å². The zero-order valence-electron chi connectivity index (χ0n) is 23.2. The molecule has 3 aromatic carbocycles. The standard InChI is InChI=1S/C35H36N4/c1-4-6-10-26-13-17-28(18-14-26)33-37-34(29-19-15-27(16-20-29)11-7-5-2)39-35(38-33)31-21-22-32(36-24-31)30-12-8-9-25(3)23-30/h8-9,12-24H,4-7,10-11H2,1-3H3. The normalized spacial score (nSPS) is 11.1. The molecule has 0 aliphatic rings. The molecular weight excluding hydrogens is 476 g/mol. The first-order valence-electron chi connectivity index (χ1n) is 14.1. The highest BCUT2D eigenvalue weighted by molar-refractivity contribution is 5.68. The predicted molar refractivity (Wildman–Crippen MR) is 161 cm³/mol. The van der Waals surface area contributed by atoms with E-state index in [0.29, 0.717) is 17.5 Å². The Morgan fingerprint density at radius 1 is 0.538 bits per heavy atom. The van der Waals surface area contributed by atoms with Gasteiger partial charge in [-0.1, -0.05) is 99.0 Å². The van der Waals surface area contributed by atoms with E-state index < -0.39 is 0 Å². The number of nitrogens with zero attached hydrogens (tertiary/aromatic N) is 4. The fraction of sp³-hybridized carbons (Fsp3) is 0.257. The van der Waals surface area contributed by atoms with Gasteiger partial charge in [0, 0.05) is 28.5 Å². The quantitative estimate of drug-likeness (QED) is 0.187. The third-order valence-electron chi connectivity index (χ3n) is 7.03. The summed E-state index contributed by atoms with van der Waals surface area (Å²) in [5, 5.41) is 0. The van der Waals surface area contributed by atoms with E-state index in [9.17, 15) is 0 Å². The van der Waals surface area contributed by atoms with Crippen LogP contribution in [0, 0.1) is 6.92 Å². The van der Waals surface area contributed by atoms with Gasteiger partial charge in [0.05, 0.1) is 5.69 Å². The maximum atomic E-state index is 4.92. The summed E-state index contributed by atoms with van der Waals surface area (Å²) in [5.74, 6) is 1.98. The molecule has 0 N–H and O–H groups in total. The van der Waals surface area contributed by atoms with Crippen molar-refractivity contribution in [2.24, 2.45) is 0 Å². The summed E-state index contributed by atoms with van der Waals surface area (Å²) >= 11 is 0. The minimum absolute atomic E-state index is 0.628. The number of rotatable bonds is 10. The summed E-state index contributed by atoms with van der Waals surface area (Å²) in [4.78, 5) is 19.5. The Kier molecular flexibility index (Phi) is 8.52. The molecule has 2 heterocycles. The highest BCUT2D eigenvalue weighted by Crippen LogP contribution is 2.27. The first-order valence-corrected chi connectivity index (χ1v) is 14.1. The summed E-state index contributed by atoms with van der Waals surface area (Å²) in [6, 6.07) is 29.7. The van der Waals surface area contributed by atoms with Gasteiger partial charge in [0.15, 0.2) is 17.5 Å². The van der Waals surface area contributed by atoms with Gasteiger partial charge < -0.3 is 0 Å². The second-order valence-corrected chi connectivity index (χ2v) is 10.2. The Morgan fingerprint density at radius 2 is 1.05 bits per heavy atom. The Balaban J connectivity index is 1.52. The monoisotopic (exact) mass is 512 g/mol. The lowest BCUT2D eigenvalue weighted by molar-refractivity contribution is 0.795. The number of hydrogen-bond donors (Lipinski definition) is 0. The van der Waals surface area contributed by atoms with Crippen molar-refractivity contribution < 1.29 is 0 Å². The van der Waals surface area contributed by atoms with Crippen molar-refractivity contribution in [3.05, 3.63) is 108 Å². The van der Waals surface area contributed by atoms with Crippen molar-refractivity contribution in [3.63, 3.8) is 0 Å². The van der Waals surface area contributed by atoms with E-state index in [1.54, 1.807) is 0 Å². The third kappa shape index (κ3) is 6.64. The van der Waals surface area contributed by atoms with E-state index in [0.717, 1.165) is 40.8 Å². The van der Waals surface area contributed by atoms with Crippen molar-refractivity contribution in [2.45, 2.75) is 59.3 Å². The molecule has 4 heteroatoms. The fourth-order valence-electron chi connectivity index (χ4n) is 4.67. The molecule has 0 bridgehead atoms. The molecule has 4 nitrogen and oxygen atoms in total. The number of unbranched alkanes of at least 4 members (excludes halogenated alkanes) is 2. The summed E-state index contributed by atoms with van der Waals surface area (Å²) in [6.45, 7) is 6.54. The Labute approximate surface area is 232 Å². The van der Waals surface area contributed by atoms with Crippen LogP contribution in [0.2, 0.25) is 0 Å². The predicted octanol–water partition coefficient (Wildman–Crippen LogP) is 8.93. The molecule has 0 aliphatic heterocycles. The van der Waals surface area contributed by atoms with Crippen LogP contribution >= 0.6 is 0 Å². The Morgan fingerprint density at radius 3 is 1.51 bits per heavy atom. The maximum absolute atomic E-state index is 4.92. The van der Waals surface area contributed by atoms with Crippen LogP contribution in [-0.2, 0) is 12.8 Å². The summed E-state index contributed by atoms with van der Waals surface area (Å²) < 4.78 is 0. The first-order chi connectivity index (χ1) is 19.1. The van der Waals surface area contributed by atoms with Crippen LogP contribution in [0.5, 0.6) is 0 Å². The average Bonchev–Trinajstić information content (AvgIpc) is 2.99. The van der Waals surface area contributed by atoms with E-state index in [1.165, 1.54) is 42.4 Å². The number of aryl methyl sites for hydroxylation is 3. The van der Waals surface area contributed by atoms with Crippen molar-refractivity contribution >= 4 is 0 Å². The van der Waals surface area contributed by atoms with E-state index >= 15 is 0 Å². The van der Waals surface area contributed by atoms with E-state index in [1.807, 2.05) is 12.3 Å². The van der Waals surface area contributed by atoms with Crippen LogP contribution in [-0.4, -0.2) is 19.9 Å². The molecule has 0 atom stereocenters. The average molecular weight is 513 g/mol. The van der Waals surface area contributed by atoms with Gasteiger partial charge in [-0.05, 0) is 61.9 Å². The molecule has 5 rings (SSSR count). The molecule has 0 fully saturated rings. The molecule has 0 saturated carbocycles. The molecule has 0 aliphatic carbocycles. The van der Waals surface area contributed by atoms with Gasteiger partial charge in [0.25, 0.3) is 0 Å². The highest BCUT2D eigenvalue weighted by atomic mass is 15.0. The van der Waals surface area contributed by atoms with Crippen LogP contribution in [0.1, 0.15) is 56.2 Å². The van der Waals surface area contributed by atoms with Gasteiger partial charge in [0.2, 0.25) is 0 Å². The minimum Gasteiger partial charge on any atom is -0.255 e. The van der Waals surface area contributed by atoms with Crippen molar-refractivity contribution in [1.29, 1.82) is 0 Å². The molecule has 0 saturated heterocycles. The van der Waals surface area contributed by atoms with Crippen LogP contribution in [0.4, 0.5) is 0 Å². The minimum atomic E-state index is 0.628. The van der Waals surface area contributed by atoms with Gasteiger partial charge in [-0.2, -0.15) is 0 Å². The lowest BCUT2D eigenvalue weighted by atomic mass is 10.1. The molecule has 0 spiro atoms. The summed E-state index contributed by atoms with van der Waals surface area (Å²) in [7, 11) is 0.